The maximum atomic E-state index is 3.60. The predicted octanol–water partition coefficient (Wildman–Crippen LogP) is 4.84. The highest BCUT2D eigenvalue weighted by atomic mass is 14.9. The number of fused-ring (bicyclic) bond motifs is 1. The molecule has 98 valence electrons. The van der Waals surface area contributed by atoms with E-state index >= 15 is 0 Å². The third-order valence-electron chi connectivity index (χ3n) is 4.04. The van der Waals surface area contributed by atoms with E-state index in [0.717, 1.165) is 0 Å². The molecule has 19 heavy (non-hydrogen) atoms. The van der Waals surface area contributed by atoms with Gasteiger partial charge < -0.3 is 5.32 Å². The van der Waals surface area contributed by atoms with E-state index in [4.69, 9.17) is 0 Å². The van der Waals surface area contributed by atoms with Crippen LogP contribution in [0.2, 0.25) is 0 Å². The van der Waals surface area contributed by atoms with Gasteiger partial charge in [-0.1, -0.05) is 23.8 Å². The van der Waals surface area contributed by atoms with Gasteiger partial charge in [0.15, 0.2) is 0 Å². The molecule has 1 aliphatic rings. The second-order valence-electron chi connectivity index (χ2n) is 5.74. The van der Waals surface area contributed by atoms with Gasteiger partial charge in [0.05, 0.1) is 0 Å². The first-order valence-corrected chi connectivity index (χ1v) is 7.10. The van der Waals surface area contributed by atoms with Crippen molar-refractivity contribution in [3.8, 4) is 0 Å². The van der Waals surface area contributed by atoms with Gasteiger partial charge in [0, 0.05) is 11.4 Å². The van der Waals surface area contributed by atoms with Crippen molar-refractivity contribution in [2.45, 2.75) is 40.0 Å². The molecule has 0 spiro atoms. The second-order valence-corrected chi connectivity index (χ2v) is 5.74. The van der Waals surface area contributed by atoms with Crippen LogP contribution in [0.5, 0.6) is 0 Å². The minimum absolute atomic E-state index is 1.22. The van der Waals surface area contributed by atoms with Crippen LogP contribution >= 0.6 is 0 Å². The van der Waals surface area contributed by atoms with Crippen LogP contribution < -0.4 is 5.32 Å². The molecule has 2 aromatic carbocycles. The number of benzene rings is 2. The van der Waals surface area contributed by atoms with Crippen LogP contribution in [0.15, 0.2) is 30.3 Å². The maximum Gasteiger partial charge on any atom is 0.0443 e. The first kappa shape index (κ1) is 12.3. The van der Waals surface area contributed by atoms with Gasteiger partial charge >= 0.3 is 0 Å². The SMILES string of the molecule is Cc1cc(C)c(Nc2ccc3c(c2)CCC3)c(C)c1. The van der Waals surface area contributed by atoms with Crippen LogP contribution in [0.25, 0.3) is 0 Å². The normalized spacial score (nSPS) is 13.4. The molecule has 1 heteroatoms. The van der Waals surface area contributed by atoms with Gasteiger partial charge in [0.2, 0.25) is 0 Å². The lowest BCUT2D eigenvalue weighted by molar-refractivity contribution is 0.912. The van der Waals surface area contributed by atoms with Crippen LogP contribution in [-0.4, -0.2) is 0 Å². The fourth-order valence-electron chi connectivity index (χ4n) is 3.17. The number of nitrogens with one attached hydrogen (secondary N) is 1. The lowest BCUT2D eigenvalue weighted by Gasteiger charge is -2.14. The van der Waals surface area contributed by atoms with Crippen molar-refractivity contribution in [3.05, 3.63) is 58.1 Å². The Morgan fingerprint density at radius 3 is 2.26 bits per heavy atom. The molecule has 0 saturated carbocycles. The van der Waals surface area contributed by atoms with Crippen molar-refractivity contribution in [2.24, 2.45) is 0 Å². The maximum absolute atomic E-state index is 3.60. The Hall–Kier alpha value is -1.76. The van der Waals surface area contributed by atoms with E-state index in [1.807, 2.05) is 0 Å². The Balaban J connectivity index is 1.93. The number of anilines is 2. The summed E-state index contributed by atoms with van der Waals surface area (Å²) < 4.78 is 0. The van der Waals surface area contributed by atoms with Gasteiger partial charge in [-0.15, -0.1) is 0 Å². The van der Waals surface area contributed by atoms with Crippen molar-refractivity contribution in [2.75, 3.05) is 5.32 Å². The van der Waals surface area contributed by atoms with Crippen molar-refractivity contribution in [1.29, 1.82) is 0 Å². The summed E-state index contributed by atoms with van der Waals surface area (Å²) in [5, 5.41) is 3.60. The first-order chi connectivity index (χ1) is 9.13. The van der Waals surface area contributed by atoms with E-state index in [9.17, 15) is 0 Å². The highest BCUT2D eigenvalue weighted by Crippen LogP contribution is 2.29. The Morgan fingerprint density at radius 2 is 1.53 bits per heavy atom. The van der Waals surface area contributed by atoms with Crippen molar-refractivity contribution in [3.63, 3.8) is 0 Å². The molecule has 1 nitrogen and oxygen atoms in total. The summed E-state index contributed by atoms with van der Waals surface area (Å²) in [6, 6.07) is 11.3. The fraction of sp³-hybridized carbons (Fsp3) is 0.333. The summed E-state index contributed by atoms with van der Waals surface area (Å²) in [5.41, 5.74) is 9.49. The zero-order chi connectivity index (χ0) is 13.4. The molecule has 0 atom stereocenters. The monoisotopic (exact) mass is 251 g/mol. The van der Waals surface area contributed by atoms with E-state index in [1.165, 1.54) is 58.5 Å². The summed E-state index contributed by atoms with van der Waals surface area (Å²) in [4.78, 5) is 0. The number of hydrogen-bond acceptors (Lipinski definition) is 1. The van der Waals surface area contributed by atoms with Gasteiger partial charge in [0.25, 0.3) is 0 Å². The minimum Gasteiger partial charge on any atom is -0.355 e. The van der Waals surface area contributed by atoms with Crippen LogP contribution in [0.1, 0.15) is 34.2 Å². The smallest absolute Gasteiger partial charge is 0.0443 e. The molecule has 0 radical (unpaired) electrons. The molecule has 3 rings (SSSR count). The molecule has 0 unspecified atom stereocenters. The fourth-order valence-corrected chi connectivity index (χ4v) is 3.17. The molecular formula is C18H21N. The minimum atomic E-state index is 1.22. The summed E-state index contributed by atoms with van der Waals surface area (Å²) in [6.07, 6.45) is 3.79. The molecule has 0 aliphatic heterocycles. The van der Waals surface area contributed by atoms with E-state index < -0.39 is 0 Å². The molecule has 0 saturated heterocycles. The molecule has 0 fully saturated rings. The van der Waals surface area contributed by atoms with Gasteiger partial charge in [-0.25, -0.2) is 0 Å². The molecule has 0 heterocycles. The lowest BCUT2D eigenvalue weighted by Crippen LogP contribution is -1.98. The van der Waals surface area contributed by atoms with E-state index in [-0.39, 0.29) is 0 Å². The van der Waals surface area contributed by atoms with Gasteiger partial charge in [-0.05, 0) is 74.4 Å². The molecule has 1 aliphatic carbocycles. The van der Waals surface area contributed by atoms with Gasteiger partial charge in [-0.3, -0.25) is 0 Å². The summed E-state index contributed by atoms with van der Waals surface area (Å²) in [5.74, 6) is 0. The molecule has 0 aromatic heterocycles. The number of rotatable bonds is 2. The Morgan fingerprint density at radius 1 is 0.842 bits per heavy atom. The number of hydrogen-bond donors (Lipinski definition) is 1. The Kier molecular flexibility index (Phi) is 3.06. The average molecular weight is 251 g/mol. The van der Waals surface area contributed by atoms with Crippen molar-refractivity contribution < 1.29 is 0 Å². The Labute approximate surface area is 115 Å². The van der Waals surface area contributed by atoms with Crippen LogP contribution in [0, 0.1) is 20.8 Å². The number of aryl methyl sites for hydroxylation is 5. The second kappa shape index (κ2) is 4.73. The quantitative estimate of drug-likeness (QED) is 0.805. The predicted molar refractivity (Wildman–Crippen MR) is 82.4 cm³/mol. The van der Waals surface area contributed by atoms with Crippen LogP contribution in [-0.2, 0) is 12.8 Å². The van der Waals surface area contributed by atoms with Gasteiger partial charge in [0.1, 0.15) is 0 Å². The zero-order valence-corrected chi connectivity index (χ0v) is 12.0. The Bertz CT molecular complexity index is 603. The summed E-state index contributed by atoms with van der Waals surface area (Å²) >= 11 is 0. The molecule has 0 bridgehead atoms. The van der Waals surface area contributed by atoms with E-state index in [2.05, 4.69) is 56.4 Å². The van der Waals surface area contributed by atoms with Crippen LogP contribution in [0.3, 0.4) is 0 Å². The topological polar surface area (TPSA) is 12.0 Å². The van der Waals surface area contributed by atoms with Crippen molar-refractivity contribution in [1.82, 2.24) is 0 Å². The van der Waals surface area contributed by atoms with E-state index in [0.29, 0.717) is 0 Å². The molecule has 0 amide bonds. The summed E-state index contributed by atoms with van der Waals surface area (Å²) in [7, 11) is 0. The average Bonchev–Trinajstić information content (AvgIpc) is 2.81. The largest absolute Gasteiger partial charge is 0.355 e. The third kappa shape index (κ3) is 2.37. The van der Waals surface area contributed by atoms with Crippen LogP contribution in [0.4, 0.5) is 11.4 Å². The molecule has 2 aromatic rings. The molecule has 1 N–H and O–H groups in total. The first-order valence-electron chi connectivity index (χ1n) is 7.10. The third-order valence-corrected chi connectivity index (χ3v) is 4.04. The molecular weight excluding hydrogens is 230 g/mol. The van der Waals surface area contributed by atoms with E-state index in [1.54, 1.807) is 0 Å². The van der Waals surface area contributed by atoms with Gasteiger partial charge in [-0.2, -0.15) is 0 Å². The van der Waals surface area contributed by atoms with Crippen molar-refractivity contribution >= 4 is 11.4 Å². The standard InChI is InChI=1S/C18H21N/c1-12-9-13(2)18(14(3)10-12)19-17-8-7-15-5-4-6-16(15)11-17/h7-11,19H,4-6H2,1-3H3. The zero-order valence-electron chi connectivity index (χ0n) is 12.0. The summed E-state index contributed by atoms with van der Waals surface area (Å²) in [6.45, 7) is 6.50. The highest BCUT2D eigenvalue weighted by molar-refractivity contribution is 5.68. The highest BCUT2D eigenvalue weighted by Gasteiger charge is 2.11. The lowest BCUT2D eigenvalue weighted by atomic mass is 10.0.